The highest BCUT2D eigenvalue weighted by atomic mass is 32.2. The number of carbonyl (C=O) groups excluding carboxylic acids is 2. The highest BCUT2D eigenvalue weighted by Gasteiger charge is 2.50. The van der Waals surface area contributed by atoms with E-state index in [2.05, 4.69) is 14.6 Å². The fourth-order valence-electron chi connectivity index (χ4n) is 6.78. The zero-order chi connectivity index (χ0) is 31.9. The van der Waals surface area contributed by atoms with Gasteiger partial charge in [0.05, 0.1) is 4.90 Å². The second-order valence-electron chi connectivity index (χ2n) is 11.8. The number of anilines is 3. The highest BCUT2D eigenvalue weighted by Crippen LogP contribution is 2.49. The van der Waals surface area contributed by atoms with Crippen LogP contribution in [0.1, 0.15) is 30.4 Å². The molecule has 13 heteroatoms. The molecule has 0 radical (unpaired) electrons. The molecule has 3 aliphatic heterocycles. The number of benzene rings is 3. The SMILES string of the molecule is O=C(OCc1ccccc1)N1CCC2(CC1)CN([C@H]1CCN(c3ccc(S(=O)(=O)Nc4nccs4)cc3)C1=O)c1ccc(F)cc12. The van der Waals surface area contributed by atoms with Crippen LogP contribution in [0.4, 0.5) is 25.7 Å². The number of sulfonamides is 1. The van der Waals surface area contributed by atoms with E-state index in [0.29, 0.717) is 51.1 Å². The molecular weight excluding hydrogens is 630 g/mol. The van der Waals surface area contributed by atoms with Gasteiger partial charge >= 0.3 is 6.09 Å². The molecule has 0 aliphatic carbocycles. The number of nitrogens with zero attached hydrogens (tertiary/aromatic N) is 4. The van der Waals surface area contributed by atoms with Gasteiger partial charge in [0.2, 0.25) is 5.91 Å². The van der Waals surface area contributed by atoms with Crippen molar-refractivity contribution in [1.82, 2.24) is 9.88 Å². The Morgan fingerprint density at radius 3 is 2.52 bits per heavy atom. The molecule has 1 spiro atoms. The first-order chi connectivity index (χ1) is 22.2. The van der Waals surface area contributed by atoms with Crippen molar-refractivity contribution in [3.8, 4) is 0 Å². The van der Waals surface area contributed by atoms with Crippen LogP contribution in [0.5, 0.6) is 0 Å². The Labute approximate surface area is 270 Å². The third-order valence-electron chi connectivity index (χ3n) is 9.16. The van der Waals surface area contributed by atoms with Crippen molar-refractivity contribution in [2.75, 3.05) is 40.7 Å². The van der Waals surface area contributed by atoms with Gasteiger partial charge in [0.25, 0.3) is 10.0 Å². The smallest absolute Gasteiger partial charge is 0.410 e. The van der Waals surface area contributed by atoms with Crippen LogP contribution in [-0.4, -0.2) is 62.5 Å². The molecule has 238 valence electrons. The second kappa shape index (κ2) is 12.0. The summed E-state index contributed by atoms with van der Waals surface area (Å²) in [4.78, 5) is 36.2. The molecular formula is C33H32FN5O5S2. The predicted octanol–water partition coefficient (Wildman–Crippen LogP) is 5.38. The maximum atomic E-state index is 14.6. The van der Waals surface area contributed by atoms with Crippen molar-refractivity contribution in [2.45, 2.75) is 42.2 Å². The molecule has 1 atom stereocenters. The Balaban J connectivity index is 1.04. The van der Waals surface area contributed by atoms with Crippen molar-refractivity contribution in [1.29, 1.82) is 0 Å². The van der Waals surface area contributed by atoms with Crippen LogP contribution in [0.2, 0.25) is 0 Å². The van der Waals surface area contributed by atoms with Crippen molar-refractivity contribution in [2.24, 2.45) is 0 Å². The Kier molecular flexibility index (Phi) is 7.89. The summed E-state index contributed by atoms with van der Waals surface area (Å²) in [6.45, 7) is 2.14. The number of nitrogens with one attached hydrogen (secondary N) is 1. The van der Waals surface area contributed by atoms with Crippen LogP contribution in [0, 0.1) is 5.82 Å². The molecule has 3 aliphatic rings. The zero-order valence-corrected chi connectivity index (χ0v) is 26.5. The molecule has 4 heterocycles. The highest BCUT2D eigenvalue weighted by molar-refractivity contribution is 7.93. The Morgan fingerprint density at radius 2 is 1.80 bits per heavy atom. The minimum atomic E-state index is -3.82. The molecule has 1 aromatic heterocycles. The van der Waals surface area contributed by atoms with Crippen LogP contribution in [0.25, 0.3) is 0 Å². The van der Waals surface area contributed by atoms with E-state index in [1.165, 1.54) is 35.7 Å². The topological polar surface area (TPSA) is 112 Å². The molecule has 0 unspecified atom stereocenters. The summed E-state index contributed by atoms with van der Waals surface area (Å²) in [5, 5.41) is 1.96. The maximum absolute atomic E-state index is 14.6. The van der Waals surface area contributed by atoms with E-state index in [4.69, 9.17) is 4.74 Å². The van der Waals surface area contributed by atoms with Gasteiger partial charge < -0.3 is 19.4 Å². The van der Waals surface area contributed by atoms with E-state index in [0.717, 1.165) is 16.8 Å². The average Bonchev–Trinajstić information content (AvgIpc) is 3.79. The fourth-order valence-corrected chi connectivity index (χ4v) is 8.57. The van der Waals surface area contributed by atoms with Crippen molar-refractivity contribution >= 4 is 49.9 Å². The minimum Gasteiger partial charge on any atom is -0.445 e. The quantitative estimate of drug-likeness (QED) is 0.283. The number of thiazole rings is 1. The first-order valence-electron chi connectivity index (χ1n) is 15.1. The van der Waals surface area contributed by atoms with E-state index < -0.39 is 21.5 Å². The fraction of sp³-hybridized carbons (Fsp3) is 0.303. The third kappa shape index (κ3) is 5.69. The first-order valence-corrected chi connectivity index (χ1v) is 17.4. The van der Waals surface area contributed by atoms with Crippen LogP contribution < -0.4 is 14.5 Å². The van der Waals surface area contributed by atoms with E-state index in [1.807, 2.05) is 30.3 Å². The van der Waals surface area contributed by atoms with Gasteiger partial charge in [-0.05, 0) is 72.9 Å². The third-order valence-corrected chi connectivity index (χ3v) is 11.3. The molecule has 2 fully saturated rings. The summed E-state index contributed by atoms with van der Waals surface area (Å²) in [6, 6.07) is 20.1. The number of ether oxygens (including phenoxy) is 1. The largest absolute Gasteiger partial charge is 0.445 e. The molecule has 1 N–H and O–H groups in total. The van der Waals surface area contributed by atoms with Crippen molar-refractivity contribution in [3.63, 3.8) is 0 Å². The molecule has 10 nitrogen and oxygen atoms in total. The van der Waals surface area contributed by atoms with Crippen LogP contribution in [0.15, 0.2) is 89.3 Å². The molecule has 2 amide bonds. The lowest BCUT2D eigenvalue weighted by Crippen LogP contribution is -2.49. The number of rotatable bonds is 7. The summed E-state index contributed by atoms with van der Waals surface area (Å²) in [6.07, 6.45) is 2.96. The number of carbonyl (C=O) groups is 2. The Hall–Kier alpha value is -4.49. The summed E-state index contributed by atoms with van der Waals surface area (Å²) < 4.78 is 48.2. The minimum absolute atomic E-state index is 0.0716. The Bertz CT molecular complexity index is 1850. The monoisotopic (exact) mass is 661 g/mol. The van der Waals surface area contributed by atoms with Gasteiger partial charge in [-0.25, -0.2) is 22.6 Å². The summed E-state index contributed by atoms with van der Waals surface area (Å²) >= 11 is 1.18. The molecule has 0 saturated carbocycles. The molecule has 3 aromatic carbocycles. The number of hydrogen-bond donors (Lipinski definition) is 1. The molecule has 4 aromatic rings. The van der Waals surface area contributed by atoms with Gasteiger partial charge in [0.1, 0.15) is 18.5 Å². The van der Waals surface area contributed by atoms with Gasteiger partial charge in [0, 0.05) is 54.5 Å². The van der Waals surface area contributed by atoms with Gasteiger partial charge in [-0.1, -0.05) is 30.3 Å². The first kappa shape index (κ1) is 30.2. The van der Waals surface area contributed by atoms with E-state index in [-0.39, 0.29) is 34.5 Å². The van der Waals surface area contributed by atoms with Gasteiger partial charge in [-0.15, -0.1) is 11.3 Å². The number of aromatic nitrogens is 1. The van der Waals surface area contributed by atoms with Gasteiger partial charge in [0.15, 0.2) is 5.13 Å². The average molecular weight is 662 g/mol. The maximum Gasteiger partial charge on any atom is 0.410 e. The second-order valence-corrected chi connectivity index (χ2v) is 14.4. The summed E-state index contributed by atoms with van der Waals surface area (Å²) in [7, 11) is -3.82. The van der Waals surface area contributed by atoms with Gasteiger partial charge in [-0.3, -0.25) is 9.52 Å². The number of likely N-dealkylation sites (tertiary alicyclic amines) is 1. The number of amides is 2. The number of halogens is 1. The van der Waals surface area contributed by atoms with Crippen LogP contribution in [0.3, 0.4) is 0 Å². The predicted molar refractivity (Wildman–Crippen MR) is 173 cm³/mol. The lowest BCUT2D eigenvalue weighted by molar-refractivity contribution is -0.118. The standard InChI is InChI=1S/C33H32FN5O5S2/c34-24-6-11-28-27(20-24)33(13-17-37(18-14-33)32(41)44-21-23-4-2-1-3-5-23)22-39(28)29-12-16-38(30(29)40)25-7-9-26(10-8-25)46(42,43)36-31-35-15-19-45-31/h1-11,15,19-20,29H,12-14,16-18,21-22H2,(H,35,36)/t29-/m0/s1. The normalized spacial score (nSPS) is 19.0. The zero-order valence-electron chi connectivity index (χ0n) is 24.8. The number of fused-ring (bicyclic) bond motifs is 2. The molecule has 7 rings (SSSR count). The lowest BCUT2D eigenvalue weighted by atomic mass is 9.74. The van der Waals surface area contributed by atoms with E-state index in [1.54, 1.807) is 39.4 Å². The molecule has 46 heavy (non-hydrogen) atoms. The summed E-state index contributed by atoms with van der Waals surface area (Å²) in [5.74, 6) is -0.422. The van der Waals surface area contributed by atoms with Crippen LogP contribution in [-0.2, 0) is 31.6 Å². The molecule has 2 saturated heterocycles. The Morgan fingerprint density at radius 1 is 1.04 bits per heavy atom. The lowest BCUT2D eigenvalue weighted by Gasteiger charge is -2.40. The summed E-state index contributed by atoms with van der Waals surface area (Å²) in [5.41, 5.74) is 2.84. The molecule has 0 bridgehead atoms. The number of piperidine rings is 1. The van der Waals surface area contributed by atoms with E-state index >= 15 is 0 Å². The van der Waals surface area contributed by atoms with Crippen LogP contribution >= 0.6 is 11.3 Å². The van der Waals surface area contributed by atoms with Gasteiger partial charge in [-0.2, -0.15) is 0 Å². The van der Waals surface area contributed by atoms with Crippen molar-refractivity contribution < 1.29 is 27.1 Å². The van der Waals surface area contributed by atoms with E-state index in [9.17, 15) is 22.4 Å². The van der Waals surface area contributed by atoms with Crippen molar-refractivity contribution in [3.05, 3.63) is 101 Å². The number of hydrogen-bond acceptors (Lipinski definition) is 8.